The van der Waals surface area contributed by atoms with Gasteiger partial charge in [-0.15, -0.1) is 0 Å². The van der Waals surface area contributed by atoms with Crippen LogP contribution in [0, 0.1) is 10.8 Å². The monoisotopic (exact) mass is 488 g/mol. The molecular formula is C19H38O10P2. The Balaban J connectivity index is 7.52. The molecule has 4 N–H and O–H groups in total. The smallest absolute Gasteiger partial charge is 0.345 e. The van der Waals surface area contributed by atoms with Gasteiger partial charge in [0.25, 0.3) is 0 Å². The first kappa shape index (κ1) is 30.2. The van der Waals surface area contributed by atoms with E-state index in [2.05, 4.69) is 0 Å². The van der Waals surface area contributed by atoms with Crippen LogP contribution >= 0.6 is 15.2 Å². The first-order chi connectivity index (χ1) is 14.2. The fourth-order valence-electron chi connectivity index (χ4n) is 5.14. The summed E-state index contributed by atoms with van der Waals surface area (Å²) in [5.74, 6) is -1.73. The van der Waals surface area contributed by atoms with Crippen molar-refractivity contribution < 1.29 is 47.8 Å². The zero-order valence-electron chi connectivity index (χ0n) is 19.3. The van der Waals surface area contributed by atoms with Crippen LogP contribution in [-0.2, 0) is 28.2 Å². The summed E-state index contributed by atoms with van der Waals surface area (Å²) in [7, 11) is -11.4. The third-order valence-corrected chi connectivity index (χ3v) is 11.6. The standard InChI is InChI=1S/C19H38O10P2/c1-7-17(8-2,14-13-15(20)28-11-5)19(30(22,23)24,31(25,26)27)18(9-3,10-4)16(21)29-12-6/h7-14H2,1-6H3,(H2,22,23,24)(H2,25,26,27). The van der Waals surface area contributed by atoms with Gasteiger partial charge in [0.1, 0.15) is 0 Å². The van der Waals surface area contributed by atoms with Crippen molar-refractivity contribution in [3.8, 4) is 0 Å². The molecule has 12 heteroatoms. The summed E-state index contributed by atoms with van der Waals surface area (Å²) in [6.45, 7) is 9.02. The second-order valence-corrected chi connectivity index (χ2v) is 11.4. The minimum Gasteiger partial charge on any atom is -0.466 e. The van der Waals surface area contributed by atoms with Crippen molar-refractivity contribution >= 4 is 27.1 Å². The zero-order valence-corrected chi connectivity index (χ0v) is 21.1. The molecule has 0 aromatic carbocycles. The molecule has 0 fully saturated rings. The van der Waals surface area contributed by atoms with Crippen molar-refractivity contribution in [1.29, 1.82) is 0 Å². The number of hydrogen-bond donors (Lipinski definition) is 4. The largest absolute Gasteiger partial charge is 0.466 e. The molecule has 0 spiro atoms. The molecule has 0 saturated carbocycles. The second-order valence-electron chi connectivity index (χ2n) is 7.56. The van der Waals surface area contributed by atoms with Crippen molar-refractivity contribution in [3.05, 3.63) is 0 Å². The lowest BCUT2D eigenvalue weighted by atomic mass is 9.62. The molecule has 0 aliphatic carbocycles. The Kier molecular flexibility index (Phi) is 11.1. The van der Waals surface area contributed by atoms with Gasteiger partial charge >= 0.3 is 27.1 Å². The third kappa shape index (κ3) is 5.10. The van der Waals surface area contributed by atoms with Crippen LogP contribution < -0.4 is 0 Å². The Labute approximate surface area is 184 Å². The Morgan fingerprint density at radius 3 is 1.45 bits per heavy atom. The van der Waals surface area contributed by atoms with Crippen molar-refractivity contribution in [3.63, 3.8) is 0 Å². The number of carbonyl (C=O) groups excluding carboxylic acids is 2. The van der Waals surface area contributed by atoms with Crippen LogP contribution in [0.25, 0.3) is 0 Å². The van der Waals surface area contributed by atoms with E-state index in [-0.39, 0.29) is 51.7 Å². The van der Waals surface area contributed by atoms with E-state index in [4.69, 9.17) is 9.47 Å². The SMILES string of the molecule is CCOC(=O)CCC(CC)(CC)C(C(CC)(CC)C(=O)OCC)(P(=O)(O)O)P(=O)(O)O. The minimum atomic E-state index is -5.71. The van der Waals surface area contributed by atoms with Gasteiger partial charge in [0.2, 0.25) is 0 Å². The molecule has 0 unspecified atom stereocenters. The van der Waals surface area contributed by atoms with Gasteiger partial charge in [0, 0.05) is 11.8 Å². The van der Waals surface area contributed by atoms with E-state index in [9.17, 15) is 38.3 Å². The van der Waals surface area contributed by atoms with Gasteiger partial charge in [-0.3, -0.25) is 18.7 Å². The van der Waals surface area contributed by atoms with Crippen molar-refractivity contribution in [2.24, 2.45) is 10.8 Å². The molecule has 184 valence electrons. The topological polar surface area (TPSA) is 168 Å². The number of hydrogen-bond acceptors (Lipinski definition) is 6. The quantitative estimate of drug-likeness (QED) is 0.210. The maximum Gasteiger partial charge on any atom is 0.345 e. The van der Waals surface area contributed by atoms with E-state index in [1.807, 2.05) is 0 Å². The summed E-state index contributed by atoms with van der Waals surface area (Å²) >= 11 is 0. The highest BCUT2D eigenvalue weighted by Crippen LogP contribution is 2.84. The van der Waals surface area contributed by atoms with E-state index < -0.39 is 42.9 Å². The molecule has 0 bridgehead atoms. The predicted molar refractivity (Wildman–Crippen MR) is 115 cm³/mol. The molecule has 0 heterocycles. The lowest BCUT2D eigenvalue weighted by molar-refractivity contribution is -0.161. The molecular weight excluding hydrogens is 450 g/mol. The van der Waals surface area contributed by atoms with Gasteiger partial charge in [-0.2, -0.15) is 0 Å². The number of rotatable bonds is 14. The lowest BCUT2D eigenvalue weighted by Gasteiger charge is -2.57. The van der Waals surface area contributed by atoms with Crippen molar-refractivity contribution in [2.75, 3.05) is 13.2 Å². The third-order valence-electron chi connectivity index (χ3n) is 6.59. The van der Waals surface area contributed by atoms with E-state index in [0.29, 0.717) is 0 Å². The van der Waals surface area contributed by atoms with Gasteiger partial charge < -0.3 is 29.0 Å². The molecule has 0 aliphatic rings. The normalized spacial score (nSPS) is 13.7. The highest BCUT2D eigenvalue weighted by Gasteiger charge is 2.80. The maximum absolute atomic E-state index is 13.2. The number of esters is 2. The van der Waals surface area contributed by atoms with Gasteiger partial charge in [-0.05, 0) is 46.0 Å². The molecule has 31 heavy (non-hydrogen) atoms. The fourth-order valence-corrected chi connectivity index (χ4v) is 10.5. The van der Waals surface area contributed by atoms with Gasteiger partial charge in [-0.25, -0.2) is 0 Å². The van der Waals surface area contributed by atoms with Gasteiger partial charge in [0.15, 0.2) is 4.90 Å². The molecule has 0 rings (SSSR count). The lowest BCUT2D eigenvalue weighted by Crippen LogP contribution is -2.62. The first-order valence-electron chi connectivity index (χ1n) is 10.6. The molecule has 0 amide bonds. The van der Waals surface area contributed by atoms with Crippen LogP contribution in [-0.4, -0.2) is 49.6 Å². The molecule has 0 aliphatic heterocycles. The van der Waals surface area contributed by atoms with Crippen LogP contribution in [0.3, 0.4) is 0 Å². The highest BCUT2D eigenvalue weighted by molar-refractivity contribution is 7.72. The summed E-state index contributed by atoms with van der Waals surface area (Å²) in [6, 6.07) is 0. The van der Waals surface area contributed by atoms with Crippen LogP contribution in [0.4, 0.5) is 0 Å². The van der Waals surface area contributed by atoms with E-state index in [1.54, 1.807) is 6.92 Å². The molecule has 0 aromatic heterocycles. The molecule has 0 radical (unpaired) electrons. The average molecular weight is 488 g/mol. The van der Waals surface area contributed by atoms with Crippen molar-refractivity contribution in [1.82, 2.24) is 0 Å². The highest BCUT2D eigenvalue weighted by atomic mass is 31.2. The summed E-state index contributed by atoms with van der Waals surface area (Å²) in [5.41, 5.74) is -3.96. The number of ether oxygens (including phenoxy) is 2. The fraction of sp³-hybridized carbons (Fsp3) is 0.895. The molecule has 10 nitrogen and oxygen atoms in total. The Morgan fingerprint density at radius 1 is 0.742 bits per heavy atom. The Bertz CT molecular complexity index is 678. The second kappa shape index (κ2) is 11.4. The summed E-state index contributed by atoms with van der Waals surface area (Å²) < 4.78 is 36.4. The Hall–Kier alpha value is -0.760. The van der Waals surface area contributed by atoms with Crippen molar-refractivity contribution in [2.45, 2.75) is 85.0 Å². The average Bonchev–Trinajstić information content (AvgIpc) is 2.66. The van der Waals surface area contributed by atoms with Crippen LogP contribution in [0.2, 0.25) is 0 Å². The summed E-state index contributed by atoms with van der Waals surface area (Å²) in [5, 5.41) is 0. The van der Waals surface area contributed by atoms with E-state index in [0.717, 1.165) is 0 Å². The minimum absolute atomic E-state index is 0.0862. The predicted octanol–water partition coefficient (Wildman–Crippen LogP) is 3.56. The summed E-state index contributed by atoms with van der Waals surface area (Å²) in [4.78, 5) is 64.7. The number of carbonyl (C=O) groups is 2. The van der Waals surface area contributed by atoms with Crippen LogP contribution in [0.15, 0.2) is 0 Å². The molecule has 0 aromatic rings. The van der Waals surface area contributed by atoms with E-state index in [1.165, 1.54) is 34.6 Å². The Morgan fingerprint density at radius 2 is 1.16 bits per heavy atom. The molecule has 0 saturated heterocycles. The summed E-state index contributed by atoms with van der Waals surface area (Å²) in [6.07, 6.45) is -1.35. The first-order valence-corrected chi connectivity index (χ1v) is 13.8. The van der Waals surface area contributed by atoms with Gasteiger partial charge in [0.05, 0.1) is 18.6 Å². The molecule has 0 atom stereocenters. The van der Waals surface area contributed by atoms with Crippen LogP contribution in [0.1, 0.15) is 80.1 Å². The van der Waals surface area contributed by atoms with Crippen LogP contribution in [0.5, 0.6) is 0 Å². The van der Waals surface area contributed by atoms with Gasteiger partial charge in [-0.1, -0.05) is 27.7 Å². The van der Waals surface area contributed by atoms with E-state index >= 15 is 0 Å². The zero-order chi connectivity index (χ0) is 24.7. The maximum atomic E-state index is 13.2.